The van der Waals surface area contributed by atoms with Crippen LogP contribution in [-0.2, 0) is 14.3 Å². The highest BCUT2D eigenvalue weighted by Gasteiger charge is 2.32. The average Bonchev–Trinajstić information content (AvgIpc) is 2.89. The number of hydrogen-bond donors (Lipinski definition) is 4. The zero-order valence-corrected chi connectivity index (χ0v) is 26.4. The van der Waals surface area contributed by atoms with Crippen LogP contribution in [0.5, 0.6) is 17.2 Å². The predicted molar refractivity (Wildman–Crippen MR) is 162 cm³/mol. The van der Waals surface area contributed by atoms with Crippen LogP contribution in [0.4, 0.5) is 4.79 Å². The monoisotopic (exact) mass is 778 g/mol. The van der Waals surface area contributed by atoms with Crippen LogP contribution >= 0.6 is 45.2 Å². The van der Waals surface area contributed by atoms with Gasteiger partial charge in [0.05, 0.1) is 35.1 Å². The molecule has 14 heteroatoms. The molecule has 2 amide bonds. The Balaban J connectivity index is 1.73. The Morgan fingerprint density at radius 1 is 1.20 bits per heavy atom. The molecule has 3 rings (SSSR count). The van der Waals surface area contributed by atoms with E-state index in [9.17, 15) is 19.5 Å². The van der Waals surface area contributed by atoms with Crippen molar-refractivity contribution in [1.29, 1.82) is 0 Å². The van der Waals surface area contributed by atoms with Gasteiger partial charge < -0.3 is 34.7 Å². The molecular weight excluding hydrogens is 750 g/mol. The van der Waals surface area contributed by atoms with Crippen molar-refractivity contribution >= 4 is 69.4 Å². The van der Waals surface area contributed by atoms with Gasteiger partial charge in [0.1, 0.15) is 6.61 Å². The fraction of sp³-hybridized carbons (Fsp3) is 0.308. The lowest BCUT2D eigenvalue weighted by atomic mass is 9.95. The van der Waals surface area contributed by atoms with E-state index in [1.807, 2.05) is 6.07 Å². The first kappa shape index (κ1) is 31.4. The highest BCUT2D eigenvalue weighted by atomic mass is 127. The number of methoxy groups -OCH3 is 1. The predicted octanol–water partition coefficient (Wildman–Crippen LogP) is 3.34. The van der Waals surface area contributed by atoms with E-state index in [-0.39, 0.29) is 12.2 Å². The van der Waals surface area contributed by atoms with Gasteiger partial charge in [0.15, 0.2) is 23.5 Å². The van der Waals surface area contributed by atoms with E-state index >= 15 is 0 Å². The maximum absolute atomic E-state index is 12.4. The smallest absolute Gasteiger partial charge is 0.337 e. The number of amides is 2. The number of carbonyl (C=O) groups is 3. The number of esters is 2. The number of nitrogens with one attached hydrogen (secondary N) is 3. The van der Waals surface area contributed by atoms with Crippen molar-refractivity contribution in [2.45, 2.75) is 33.0 Å². The van der Waals surface area contributed by atoms with Gasteiger partial charge in [0.2, 0.25) is 0 Å². The van der Waals surface area contributed by atoms with Crippen LogP contribution in [0.15, 0.2) is 46.7 Å². The van der Waals surface area contributed by atoms with E-state index in [2.05, 4.69) is 66.3 Å². The summed E-state index contributed by atoms with van der Waals surface area (Å²) < 4.78 is 23.3. The van der Waals surface area contributed by atoms with E-state index in [1.165, 1.54) is 20.2 Å². The van der Waals surface area contributed by atoms with E-state index < -0.39 is 30.2 Å². The Kier molecular flexibility index (Phi) is 11.4. The topological polar surface area (TPSA) is 157 Å². The Morgan fingerprint density at radius 2 is 1.95 bits per heavy atom. The number of carbonyl (C=O) groups excluding carboxylic acids is 3. The van der Waals surface area contributed by atoms with E-state index in [1.54, 1.807) is 38.1 Å². The Hall–Kier alpha value is -3.12. The minimum atomic E-state index is -1.19. The lowest BCUT2D eigenvalue weighted by Crippen LogP contribution is -2.45. The first-order valence-electron chi connectivity index (χ1n) is 11.9. The van der Waals surface area contributed by atoms with Crippen LogP contribution < -0.4 is 30.3 Å². The van der Waals surface area contributed by atoms with Crippen molar-refractivity contribution in [2.24, 2.45) is 5.10 Å². The summed E-state index contributed by atoms with van der Waals surface area (Å²) in [5, 5.41) is 19.7. The molecule has 1 heterocycles. The van der Waals surface area contributed by atoms with Crippen molar-refractivity contribution in [3.8, 4) is 17.2 Å². The third-order valence-electron chi connectivity index (χ3n) is 5.38. The highest BCUT2D eigenvalue weighted by molar-refractivity contribution is 14.1. The van der Waals surface area contributed by atoms with E-state index in [0.29, 0.717) is 40.7 Å². The molecule has 0 saturated heterocycles. The van der Waals surface area contributed by atoms with Crippen molar-refractivity contribution in [1.82, 2.24) is 16.1 Å². The van der Waals surface area contributed by atoms with Gasteiger partial charge in [-0.15, -0.1) is 0 Å². The number of aliphatic hydroxyl groups is 1. The second-order valence-corrected chi connectivity index (χ2v) is 10.7. The molecule has 0 fully saturated rings. The summed E-state index contributed by atoms with van der Waals surface area (Å²) in [4.78, 5) is 36.0. The van der Waals surface area contributed by atoms with Crippen molar-refractivity contribution in [3.63, 3.8) is 0 Å². The summed E-state index contributed by atoms with van der Waals surface area (Å²) >= 11 is 4.21. The third-order valence-corrected chi connectivity index (χ3v) is 6.81. The molecule has 0 bridgehead atoms. The summed E-state index contributed by atoms with van der Waals surface area (Å²) in [7, 11) is 1.27. The molecular formula is C26H28I2N4O8. The molecule has 1 aliphatic rings. The number of benzene rings is 2. The molecule has 214 valence electrons. The van der Waals surface area contributed by atoms with Gasteiger partial charge in [-0.3, -0.25) is 10.2 Å². The fourth-order valence-corrected chi connectivity index (χ4v) is 5.74. The first-order chi connectivity index (χ1) is 19.0. The molecule has 4 N–H and O–H groups in total. The molecule has 0 aliphatic carbocycles. The van der Waals surface area contributed by atoms with Crippen LogP contribution in [0, 0.1) is 7.14 Å². The number of rotatable bonds is 11. The van der Waals surface area contributed by atoms with Crippen LogP contribution in [0.25, 0.3) is 0 Å². The lowest BCUT2D eigenvalue weighted by molar-refractivity contribution is -0.136. The van der Waals surface area contributed by atoms with Gasteiger partial charge in [-0.2, -0.15) is 5.10 Å². The van der Waals surface area contributed by atoms with Crippen molar-refractivity contribution in [3.05, 3.63) is 59.9 Å². The molecule has 0 aromatic heterocycles. The maximum atomic E-state index is 12.4. The number of allylic oxidation sites excluding steroid dienone is 1. The molecule has 0 saturated carbocycles. The number of nitrogens with zero attached hydrogens (tertiary/aromatic N) is 1. The second kappa shape index (κ2) is 14.5. The number of urea groups is 1. The third kappa shape index (κ3) is 8.20. The van der Waals surface area contributed by atoms with Gasteiger partial charge in [-0.1, -0.05) is 6.07 Å². The second-order valence-electron chi connectivity index (χ2n) is 8.31. The molecule has 2 aromatic carbocycles. The maximum Gasteiger partial charge on any atom is 0.337 e. The van der Waals surface area contributed by atoms with Gasteiger partial charge in [0, 0.05) is 21.8 Å². The quantitative estimate of drug-likeness (QED) is 0.0672. The standard InChI is InChI=1S/C26H28I2N4O8/c1-5-38-20-9-15(23-22(25(35)37-4)13(2)30-26(36)31-23)6-7-19(20)39-12-21(34)32-29-11-16-8-17(27)10-18(28)24(16)40-14(3)33/h6-11,21,23,32,34H,5,12H2,1-4H3,(H2,30,31,36)/b29-11+/t21-,23-/m0/s1. The van der Waals surface area contributed by atoms with E-state index in [4.69, 9.17) is 18.9 Å². The highest BCUT2D eigenvalue weighted by Crippen LogP contribution is 2.35. The van der Waals surface area contributed by atoms with Gasteiger partial charge in [0.25, 0.3) is 0 Å². The van der Waals surface area contributed by atoms with Crippen LogP contribution in [0.2, 0.25) is 0 Å². The summed E-state index contributed by atoms with van der Waals surface area (Å²) in [5.74, 6) is 0.0196. The lowest BCUT2D eigenvalue weighted by Gasteiger charge is -2.28. The number of hydrazone groups is 1. The summed E-state index contributed by atoms with van der Waals surface area (Å²) in [5.41, 5.74) is 4.35. The summed E-state index contributed by atoms with van der Waals surface area (Å²) in [6.45, 7) is 4.87. The van der Waals surface area contributed by atoms with Crippen LogP contribution in [0.3, 0.4) is 0 Å². The van der Waals surface area contributed by atoms with Crippen LogP contribution in [0.1, 0.15) is 37.9 Å². The number of ether oxygens (including phenoxy) is 4. The molecule has 40 heavy (non-hydrogen) atoms. The molecule has 2 aromatic rings. The Bertz CT molecular complexity index is 1350. The summed E-state index contributed by atoms with van der Waals surface area (Å²) in [6.07, 6.45) is 0.248. The average molecular weight is 778 g/mol. The molecule has 0 spiro atoms. The van der Waals surface area contributed by atoms with Gasteiger partial charge in [-0.25, -0.2) is 9.59 Å². The minimum Gasteiger partial charge on any atom is -0.490 e. The molecule has 0 radical (unpaired) electrons. The van der Waals surface area contributed by atoms with E-state index in [0.717, 1.165) is 7.14 Å². The molecule has 1 aliphatic heterocycles. The molecule has 12 nitrogen and oxygen atoms in total. The molecule has 2 atom stereocenters. The fourth-order valence-electron chi connectivity index (χ4n) is 3.74. The Morgan fingerprint density at radius 3 is 2.62 bits per heavy atom. The first-order valence-corrected chi connectivity index (χ1v) is 14.1. The number of halogens is 2. The largest absolute Gasteiger partial charge is 0.490 e. The van der Waals surface area contributed by atoms with Crippen molar-refractivity contribution in [2.75, 3.05) is 20.3 Å². The zero-order valence-electron chi connectivity index (χ0n) is 22.0. The minimum absolute atomic E-state index is 0.187. The number of aliphatic hydroxyl groups excluding tert-OH is 1. The van der Waals surface area contributed by atoms with Gasteiger partial charge in [-0.05, 0) is 88.9 Å². The normalized spacial score (nSPS) is 15.7. The Labute approximate surface area is 258 Å². The molecule has 0 unspecified atom stereocenters. The zero-order chi connectivity index (χ0) is 29.4. The summed E-state index contributed by atoms with van der Waals surface area (Å²) in [6, 6.07) is 7.38. The number of hydrogen-bond acceptors (Lipinski definition) is 10. The van der Waals surface area contributed by atoms with Gasteiger partial charge >= 0.3 is 18.0 Å². The van der Waals surface area contributed by atoms with Crippen LogP contribution in [-0.4, -0.2) is 55.8 Å². The van der Waals surface area contributed by atoms with Crippen molar-refractivity contribution < 1.29 is 38.4 Å². The SMILES string of the molecule is CCOc1cc([C@@H]2NC(=O)NC(C)=C2C(=O)OC)ccc1OC[C@H](O)N/N=C/c1cc(I)cc(I)c1OC(C)=O.